The molecule has 1 unspecified atom stereocenters. The zero-order valence-electron chi connectivity index (χ0n) is 15.4. The maximum atomic E-state index is 12.7. The first-order valence-corrected chi connectivity index (χ1v) is 9.07. The monoisotopic (exact) mass is 378 g/mol. The number of nitrogens with one attached hydrogen (secondary N) is 1. The molecule has 4 rings (SSSR count). The van der Waals surface area contributed by atoms with Crippen LogP contribution in [-0.4, -0.2) is 35.1 Å². The Labute approximate surface area is 161 Å². The van der Waals surface area contributed by atoms with Crippen LogP contribution >= 0.6 is 0 Å². The lowest BCUT2D eigenvalue weighted by molar-refractivity contribution is 0.0630. The number of benzene rings is 2. The Balaban J connectivity index is 1.59. The highest BCUT2D eigenvalue weighted by atomic mass is 16.5. The van der Waals surface area contributed by atoms with Gasteiger partial charge >= 0.3 is 0 Å². The Morgan fingerprint density at radius 2 is 1.43 bits per heavy atom. The summed E-state index contributed by atoms with van der Waals surface area (Å²) in [6, 6.07) is 9.28. The van der Waals surface area contributed by atoms with Crippen molar-refractivity contribution in [1.29, 1.82) is 0 Å². The molecule has 2 aromatic carbocycles. The Bertz CT molecular complexity index is 1040. The number of fused-ring (bicyclic) bond motifs is 2. The molecule has 0 saturated heterocycles. The smallest absolute Gasteiger partial charge is 0.261 e. The van der Waals surface area contributed by atoms with Gasteiger partial charge in [-0.2, -0.15) is 0 Å². The molecule has 2 heterocycles. The van der Waals surface area contributed by atoms with Crippen LogP contribution in [0.2, 0.25) is 0 Å². The maximum Gasteiger partial charge on any atom is 0.261 e. The minimum atomic E-state index is -0.471. The second-order valence-electron chi connectivity index (χ2n) is 7.03. The molecular formula is C21H18N2O5. The van der Waals surface area contributed by atoms with Crippen LogP contribution in [0.4, 0.5) is 0 Å². The fraction of sp³-hybridized carbons (Fsp3) is 0.238. The van der Waals surface area contributed by atoms with E-state index in [9.17, 15) is 19.2 Å². The number of hydrogen-bond donors (Lipinski definition) is 1. The summed E-state index contributed by atoms with van der Waals surface area (Å²) < 4.78 is 5.76. The lowest BCUT2D eigenvalue weighted by Gasteiger charge is -2.17. The van der Waals surface area contributed by atoms with Crippen LogP contribution in [0, 0.1) is 5.92 Å². The number of nitrogens with zero attached hydrogens (tertiary/aromatic N) is 1. The molecule has 0 aromatic heterocycles. The van der Waals surface area contributed by atoms with Gasteiger partial charge in [-0.05, 0) is 42.3 Å². The number of imide groups is 2. The zero-order chi connectivity index (χ0) is 20.0. The van der Waals surface area contributed by atoms with Crippen LogP contribution in [0.5, 0.6) is 11.5 Å². The lowest BCUT2D eigenvalue weighted by Crippen LogP contribution is -2.33. The van der Waals surface area contributed by atoms with E-state index in [-0.39, 0.29) is 23.3 Å². The van der Waals surface area contributed by atoms with Gasteiger partial charge in [0.05, 0.1) is 22.3 Å². The number of ether oxygens (including phenoxy) is 1. The van der Waals surface area contributed by atoms with Crippen molar-refractivity contribution in [2.75, 3.05) is 6.54 Å². The van der Waals surface area contributed by atoms with Gasteiger partial charge in [-0.15, -0.1) is 0 Å². The molecule has 7 heteroatoms. The van der Waals surface area contributed by atoms with E-state index in [0.717, 1.165) is 6.42 Å². The lowest BCUT2D eigenvalue weighted by atomic mass is 10.1. The molecule has 2 aromatic rings. The highest BCUT2D eigenvalue weighted by Gasteiger charge is 2.36. The molecule has 0 spiro atoms. The van der Waals surface area contributed by atoms with Crippen LogP contribution in [0.25, 0.3) is 0 Å². The van der Waals surface area contributed by atoms with E-state index in [0.29, 0.717) is 34.7 Å². The van der Waals surface area contributed by atoms with Gasteiger partial charge < -0.3 is 4.74 Å². The third-order valence-corrected chi connectivity index (χ3v) is 5.08. The quantitative estimate of drug-likeness (QED) is 0.808. The van der Waals surface area contributed by atoms with Crippen LogP contribution in [0.3, 0.4) is 0 Å². The second-order valence-corrected chi connectivity index (χ2v) is 7.03. The van der Waals surface area contributed by atoms with Crippen molar-refractivity contribution in [1.82, 2.24) is 10.2 Å². The van der Waals surface area contributed by atoms with Gasteiger partial charge in [0, 0.05) is 6.54 Å². The van der Waals surface area contributed by atoms with E-state index in [2.05, 4.69) is 5.32 Å². The molecule has 0 bridgehead atoms. The minimum absolute atomic E-state index is 0.221. The van der Waals surface area contributed by atoms with Crippen molar-refractivity contribution in [2.45, 2.75) is 20.3 Å². The van der Waals surface area contributed by atoms with Crippen LogP contribution < -0.4 is 10.1 Å². The van der Waals surface area contributed by atoms with E-state index >= 15 is 0 Å². The molecule has 28 heavy (non-hydrogen) atoms. The second kappa shape index (κ2) is 6.60. The zero-order valence-corrected chi connectivity index (χ0v) is 15.4. The van der Waals surface area contributed by atoms with E-state index in [1.54, 1.807) is 18.2 Å². The molecule has 2 aliphatic heterocycles. The number of amides is 4. The topological polar surface area (TPSA) is 92.8 Å². The summed E-state index contributed by atoms with van der Waals surface area (Å²) >= 11 is 0. The summed E-state index contributed by atoms with van der Waals surface area (Å²) in [4.78, 5) is 49.8. The van der Waals surface area contributed by atoms with E-state index in [1.807, 2.05) is 13.8 Å². The Hall–Kier alpha value is -3.48. The summed E-state index contributed by atoms with van der Waals surface area (Å²) in [7, 11) is 0. The number of hydrogen-bond acceptors (Lipinski definition) is 5. The largest absolute Gasteiger partial charge is 0.457 e. The van der Waals surface area contributed by atoms with E-state index in [4.69, 9.17) is 4.74 Å². The van der Waals surface area contributed by atoms with Gasteiger partial charge in [0.15, 0.2) is 0 Å². The molecule has 2 aliphatic rings. The summed E-state index contributed by atoms with van der Waals surface area (Å²) in [5.41, 5.74) is 1.21. The van der Waals surface area contributed by atoms with Crippen molar-refractivity contribution in [2.24, 2.45) is 5.92 Å². The molecule has 1 atom stereocenters. The summed E-state index contributed by atoms with van der Waals surface area (Å²) in [5.74, 6) is -0.579. The fourth-order valence-corrected chi connectivity index (χ4v) is 3.29. The van der Waals surface area contributed by atoms with Crippen LogP contribution in [0.15, 0.2) is 36.4 Å². The standard InChI is InChI=1S/C21H18N2O5/c1-3-11(2)10-23-20(26)15-7-5-13(9-17(15)21(23)27)28-12-4-6-14-16(8-12)19(25)22-18(14)24/h4-9,11H,3,10H2,1-2H3,(H,22,24,25). The summed E-state index contributed by atoms with van der Waals surface area (Å²) in [6.07, 6.45) is 0.871. The maximum absolute atomic E-state index is 12.7. The minimum Gasteiger partial charge on any atom is -0.457 e. The molecule has 7 nitrogen and oxygen atoms in total. The fourth-order valence-electron chi connectivity index (χ4n) is 3.29. The van der Waals surface area contributed by atoms with Gasteiger partial charge in [0.2, 0.25) is 0 Å². The SMILES string of the molecule is CCC(C)CN1C(=O)c2ccc(Oc3ccc4c(c3)C(=O)NC4=O)cc2C1=O. The van der Waals surface area contributed by atoms with Crippen molar-refractivity contribution in [3.8, 4) is 11.5 Å². The molecule has 0 radical (unpaired) electrons. The molecular weight excluding hydrogens is 360 g/mol. The first kappa shape index (κ1) is 17.9. The van der Waals surface area contributed by atoms with Crippen molar-refractivity contribution >= 4 is 23.6 Å². The third kappa shape index (κ3) is 2.85. The Morgan fingerprint density at radius 3 is 2.11 bits per heavy atom. The Kier molecular flexibility index (Phi) is 4.22. The third-order valence-electron chi connectivity index (χ3n) is 5.08. The number of carbonyl (C=O) groups is 4. The average Bonchev–Trinajstić information content (AvgIpc) is 3.09. The van der Waals surface area contributed by atoms with E-state index in [1.165, 1.54) is 23.1 Å². The highest BCUT2D eigenvalue weighted by Crippen LogP contribution is 2.31. The first-order valence-electron chi connectivity index (χ1n) is 9.07. The molecule has 0 aliphatic carbocycles. The first-order chi connectivity index (χ1) is 13.4. The predicted octanol–water partition coefficient (Wildman–Crippen LogP) is 3.00. The van der Waals surface area contributed by atoms with Crippen LogP contribution in [-0.2, 0) is 0 Å². The number of carbonyl (C=O) groups excluding carboxylic acids is 4. The van der Waals surface area contributed by atoms with Crippen molar-refractivity contribution in [3.63, 3.8) is 0 Å². The summed E-state index contributed by atoms with van der Waals surface area (Å²) in [6.45, 7) is 4.39. The Morgan fingerprint density at radius 1 is 0.857 bits per heavy atom. The van der Waals surface area contributed by atoms with E-state index < -0.39 is 11.8 Å². The molecule has 4 amide bonds. The molecule has 0 fully saturated rings. The molecule has 0 saturated carbocycles. The average molecular weight is 378 g/mol. The van der Waals surface area contributed by atoms with Gasteiger partial charge in [0.25, 0.3) is 23.6 Å². The highest BCUT2D eigenvalue weighted by molar-refractivity contribution is 6.22. The predicted molar refractivity (Wildman–Crippen MR) is 99.6 cm³/mol. The number of rotatable bonds is 5. The van der Waals surface area contributed by atoms with Gasteiger partial charge in [0.1, 0.15) is 11.5 Å². The van der Waals surface area contributed by atoms with Crippen molar-refractivity contribution < 1.29 is 23.9 Å². The van der Waals surface area contributed by atoms with Gasteiger partial charge in [-0.3, -0.25) is 29.4 Å². The van der Waals surface area contributed by atoms with Crippen molar-refractivity contribution in [3.05, 3.63) is 58.7 Å². The summed E-state index contributed by atoms with van der Waals surface area (Å²) in [5, 5.41) is 2.22. The molecule has 1 N–H and O–H groups in total. The normalized spacial score (nSPS) is 16.1. The van der Waals surface area contributed by atoms with Gasteiger partial charge in [-0.1, -0.05) is 20.3 Å². The molecule has 142 valence electrons. The van der Waals surface area contributed by atoms with Gasteiger partial charge in [-0.25, -0.2) is 0 Å². The van der Waals surface area contributed by atoms with Crippen LogP contribution in [0.1, 0.15) is 61.7 Å².